The fourth-order valence-corrected chi connectivity index (χ4v) is 2.68. The van der Waals surface area contributed by atoms with Gasteiger partial charge >= 0.3 is 0 Å². The number of carbonyl (C=O) groups is 1. The summed E-state index contributed by atoms with van der Waals surface area (Å²) in [5.74, 6) is 0.648. The molecule has 0 amide bonds. The fourth-order valence-electron chi connectivity index (χ4n) is 2.51. The second-order valence-electron chi connectivity index (χ2n) is 4.84. The highest BCUT2D eigenvalue weighted by Crippen LogP contribution is 2.24. The van der Waals surface area contributed by atoms with Gasteiger partial charge in [0.05, 0.1) is 17.7 Å². The molecular formula is C13H15ClN6O. The minimum atomic E-state index is 0.0685. The first kappa shape index (κ1) is 13.8. The lowest BCUT2D eigenvalue weighted by atomic mass is 10.1. The van der Waals surface area contributed by atoms with Crippen LogP contribution in [-0.4, -0.2) is 44.1 Å². The van der Waals surface area contributed by atoms with E-state index >= 15 is 0 Å². The van der Waals surface area contributed by atoms with Gasteiger partial charge in [0.1, 0.15) is 12.1 Å². The number of halogens is 1. The number of nitrogens with zero attached hydrogens (tertiary/aromatic N) is 4. The molecule has 1 aliphatic heterocycles. The maximum atomic E-state index is 10.5. The first-order valence-corrected chi connectivity index (χ1v) is 7.16. The SMILES string of the molecule is O=CC=CN1CCCCC1Nc1nc(Cl)nc2[nH]ncc12. The molecule has 2 N–H and O–H groups in total. The molecule has 7 nitrogen and oxygen atoms in total. The third kappa shape index (κ3) is 2.97. The van der Waals surface area contributed by atoms with Gasteiger partial charge in [-0.15, -0.1) is 0 Å². The Balaban J connectivity index is 1.87. The minimum absolute atomic E-state index is 0.0685. The van der Waals surface area contributed by atoms with E-state index in [9.17, 15) is 4.79 Å². The summed E-state index contributed by atoms with van der Waals surface area (Å²) < 4.78 is 0. The molecule has 1 fully saturated rings. The third-order valence-electron chi connectivity index (χ3n) is 3.49. The first-order chi connectivity index (χ1) is 10.3. The van der Waals surface area contributed by atoms with Crippen molar-refractivity contribution in [3.8, 4) is 0 Å². The largest absolute Gasteiger partial charge is 0.357 e. The van der Waals surface area contributed by atoms with Crippen LogP contribution in [-0.2, 0) is 4.79 Å². The van der Waals surface area contributed by atoms with Crippen molar-refractivity contribution >= 4 is 34.7 Å². The number of piperidine rings is 1. The van der Waals surface area contributed by atoms with Crippen LogP contribution in [0.1, 0.15) is 19.3 Å². The molecule has 8 heteroatoms. The van der Waals surface area contributed by atoms with Crippen LogP contribution < -0.4 is 5.32 Å². The quantitative estimate of drug-likeness (QED) is 0.510. The number of aldehydes is 1. The smallest absolute Gasteiger partial charge is 0.226 e. The summed E-state index contributed by atoms with van der Waals surface area (Å²) in [7, 11) is 0. The number of fused-ring (bicyclic) bond motifs is 1. The van der Waals surface area contributed by atoms with Crippen LogP contribution in [0.25, 0.3) is 11.0 Å². The van der Waals surface area contributed by atoms with Crippen molar-refractivity contribution in [3.05, 3.63) is 23.8 Å². The van der Waals surface area contributed by atoms with Crippen molar-refractivity contribution in [2.24, 2.45) is 0 Å². The van der Waals surface area contributed by atoms with Gasteiger partial charge in [-0.05, 0) is 36.9 Å². The second kappa shape index (κ2) is 6.09. The number of hydrogen-bond donors (Lipinski definition) is 2. The van der Waals surface area contributed by atoms with E-state index in [1.165, 1.54) is 6.08 Å². The average molecular weight is 307 g/mol. The molecule has 0 aliphatic carbocycles. The second-order valence-corrected chi connectivity index (χ2v) is 5.18. The van der Waals surface area contributed by atoms with Gasteiger partial charge in [0.15, 0.2) is 5.65 Å². The molecule has 110 valence electrons. The van der Waals surface area contributed by atoms with Crippen LogP contribution in [0.2, 0.25) is 5.28 Å². The Morgan fingerprint density at radius 2 is 2.33 bits per heavy atom. The monoisotopic (exact) mass is 306 g/mol. The van der Waals surface area contributed by atoms with E-state index in [2.05, 4.69) is 30.4 Å². The topological polar surface area (TPSA) is 86.8 Å². The van der Waals surface area contributed by atoms with E-state index in [0.717, 1.165) is 37.5 Å². The number of carbonyl (C=O) groups excluding carboxylic acids is 1. The lowest BCUT2D eigenvalue weighted by molar-refractivity contribution is -0.104. The zero-order valence-electron chi connectivity index (χ0n) is 11.3. The molecule has 1 unspecified atom stereocenters. The van der Waals surface area contributed by atoms with E-state index in [0.29, 0.717) is 11.5 Å². The summed E-state index contributed by atoms with van der Waals surface area (Å²) in [6.45, 7) is 0.898. The third-order valence-corrected chi connectivity index (χ3v) is 3.66. The molecule has 0 aromatic carbocycles. The Bertz CT molecular complexity index is 670. The fraction of sp³-hybridized carbons (Fsp3) is 0.385. The van der Waals surface area contributed by atoms with Gasteiger partial charge in [-0.1, -0.05) is 0 Å². The molecule has 1 saturated heterocycles. The van der Waals surface area contributed by atoms with E-state index in [1.807, 2.05) is 0 Å². The lowest BCUT2D eigenvalue weighted by Crippen LogP contribution is -2.41. The molecule has 1 atom stereocenters. The highest BCUT2D eigenvalue weighted by Gasteiger charge is 2.21. The highest BCUT2D eigenvalue weighted by molar-refractivity contribution is 6.28. The van der Waals surface area contributed by atoms with Gasteiger partial charge in [0.25, 0.3) is 0 Å². The van der Waals surface area contributed by atoms with Gasteiger partial charge in [-0.25, -0.2) is 0 Å². The van der Waals surface area contributed by atoms with Crippen LogP contribution in [0, 0.1) is 0 Å². The zero-order chi connectivity index (χ0) is 14.7. The maximum Gasteiger partial charge on any atom is 0.226 e. The Hall–Kier alpha value is -2.15. The van der Waals surface area contributed by atoms with Crippen LogP contribution in [0.3, 0.4) is 0 Å². The summed E-state index contributed by atoms with van der Waals surface area (Å²) in [5.41, 5.74) is 0.600. The van der Waals surface area contributed by atoms with E-state index < -0.39 is 0 Å². The van der Waals surface area contributed by atoms with E-state index in [4.69, 9.17) is 11.6 Å². The van der Waals surface area contributed by atoms with Crippen LogP contribution in [0.4, 0.5) is 5.82 Å². The minimum Gasteiger partial charge on any atom is -0.357 e. The Morgan fingerprint density at radius 1 is 1.43 bits per heavy atom. The van der Waals surface area contributed by atoms with Crippen LogP contribution >= 0.6 is 11.6 Å². The lowest BCUT2D eigenvalue weighted by Gasteiger charge is -2.35. The molecule has 2 aromatic heterocycles. The predicted molar refractivity (Wildman–Crippen MR) is 79.9 cm³/mol. The van der Waals surface area contributed by atoms with Gasteiger partial charge in [-0.2, -0.15) is 15.1 Å². The number of nitrogens with one attached hydrogen (secondary N) is 2. The molecule has 21 heavy (non-hydrogen) atoms. The molecule has 3 heterocycles. The van der Waals surface area contributed by atoms with Gasteiger partial charge < -0.3 is 10.2 Å². The van der Waals surface area contributed by atoms with Crippen molar-refractivity contribution in [3.63, 3.8) is 0 Å². The van der Waals surface area contributed by atoms with E-state index in [-0.39, 0.29) is 11.4 Å². The molecule has 3 rings (SSSR count). The average Bonchev–Trinajstić information content (AvgIpc) is 2.94. The summed E-state index contributed by atoms with van der Waals surface area (Å²) in [4.78, 5) is 20.9. The van der Waals surface area contributed by atoms with Crippen molar-refractivity contribution in [1.29, 1.82) is 0 Å². The summed E-state index contributed by atoms with van der Waals surface area (Å²) in [5, 5.41) is 11.1. The maximum absolute atomic E-state index is 10.5. The van der Waals surface area contributed by atoms with Gasteiger partial charge in [-0.3, -0.25) is 9.89 Å². The zero-order valence-corrected chi connectivity index (χ0v) is 12.0. The van der Waals surface area contributed by atoms with Gasteiger partial charge in [0.2, 0.25) is 5.28 Å². The van der Waals surface area contributed by atoms with Crippen molar-refractivity contribution in [1.82, 2.24) is 25.1 Å². The summed E-state index contributed by atoms with van der Waals surface area (Å²) in [6, 6.07) is 0. The number of aromatic nitrogens is 4. The predicted octanol–water partition coefficient (Wildman–Crippen LogP) is 1.94. The summed E-state index contributed by atoms with van der Waals surface area (Å²) >= 11 is 5.93. The molecule has 1 aliphatic rings. The number of allylic oxidation sites excluding steroid dienone is 1. The number of aromatic amines is 1. The van der Waals surface area contributed by atoms with Crippen molar-refractivity contribution in [2.75, 3.05) is 11.9 Å². The number of hydrogen-bond acceptors (Lipinski definition) is 6. The first-order valence-electron chi connectivity index (χ1n) is 6.79. The Labute approximate surface area is 126 Å². The number of anilines is 1. The Morgan fingerprint density at radius 3 is 3.19 bits per heavy atom. The van der Waals surface area contributed by atoms with E-state index in [1.54, 1.807) is 12.4 Å². The molecule has 0 spiro atoms. The van der Waals surface area contributed by atoms with Crippen molar-refractivity contribution < 1.29 is 4.79 Å². The number of rotatable bonds is 4. The normalized spacial score (nSPS) is 19.3. The molecule has 2 aromatic rings. The van der Waals surface area contributed by atoms with Crippen molar-refractivity contribution in [2.45, 2.75) is 25.4 Å². The summed E-state index contributed by atoms with van der Waals surface area (Å²) in [6.07, 6.45) is 9.01. The number of H-pyrrole nitrogens is 1. The molecular weight excluding hydrogens is 292 g/mol. The highest BCUT2D eigenvalue weighted by atomic mass is 35.5. The Kier molecular flexibility index (Phi) is 4.01. The van der Waals surface area contributed by atoms with Crippen LogP contribution in [0.15, 0.2) is 18.5 Å². The van der Waals surface area contributed by atoms with Crippen LogP contribution in [0.5, 0.6) is 0 Å². The molecule has 0 radical (unpaired) electrons. The van der Waals surface area contributed by atoms with Gasteiger partial charge in [0, 0.05) is 12.7 Å². The molecule has 0 bridgehead atoms. The number of likely N-dealkylation sites (tertiary alicyclic amines) is 1. The molecule has 0 saturated carbocycles. The standard InChI is InChI=1S/C13H15ClN6O/c14-13-17-11(9-8-15-19-12(9)18-13)16-10-4-1-2-5-20(10)6-3-7-21/h3,6-8,10H,1-2,4-5H2,(H2,15,16,17,18,19).